The van der Waals surface area contributed by atoms with Crippen molar-refractivity contribution in [2.45, 2.75) is 78.0 Å². The Bertz CT molecular complexity index is 414. The second-order valence-corrected chi connectivity index (χ2v) is 6.52. The topological polar surface area (TPSA) is 12.5 Å². The fourth-order valence-corrected chi connectivity index (χ4v) is 3.17. The summed E-state index contributed by atoms with van der Waals surface area (Å²) in [6, 6.07) is 9.63. The monoisotopic (exact) mass is 289 g/mol. The number of hydrogen-bond acceptors (Lipinski definition) is 2. The van der Waals surface area contributed by atoms with E-state index in [0.29, 0.717) is 18.2 Å². The Labute approximate surface area is 130 Å². The predicted octanol–water partition coefficient (Wildman–Crippen LogP) is 4.81. The van der Waals surface area contributed by atoms with Gasteiger partial charge in [-0.05, 0) is 51.3 Å². The summed E-state index contributed by atoms with van der Waals surface area (Å²) in [4.78, 5) is 2.49. The zero-order valence-corrected chi connectivity index (χ0v) is 14.1. The first kappa shape index (κ1) is 16.4. The SMILES string of the molecule is CCCCCCc1ccc(N2C[C@H](C)O[C@H](C)C2C)cc1. The van der Waals surface area contributed by atoms with Gasteiger partial charge in [0, 0.05) is 12.2 Å². The molecule has 1 aromatic rings. The molecule has 0 saturated carbocycles. The Kier molecular flexibility index (Phi) is 6.10. The highest BCUT2D eigenvalue weighted by molar-refractivity contribution is 5.49. The largest absolute Gasteiger partial charge is 0.372 e. The van der Waals surface area contributed by atoms with E-state index in [-0.39, 0.29) is 0 Å². The summed E-state index contributed by atoms with van der Waals surface area (Å²) in [6.07, 6.45) is 7.16. The Hall–Kier alpha value is -1.02. The highest BCUT2D eigenvalue weighted by Crippen LogP contribution is 2.25. The standard InChI is InChI=1S/C19H31NO/c1-5-6-7-8-9-18-10-12-19(13-11-18)20-14-15(2)21-17(4)16(20)3/h10-13,15-17H,5-9,14H2,1-4H3/t15-,16?,17+/m0/s1. The van der Waals surface area contributed by atoms with Gasteiger partial charge in [-0.1, -0.05) is 38.3 Å². The van der Waals surface area contributed by atoms with Crippen LogP contribution in [0.4, 0.5) is 5.69 Å². The van der Waals surface area contributed by atoms with Crippen molar-refractivity contribution in [3.05, 3.63) is 29.8 Å². The third-order valence-corrected chi connectivity index (χ3v) is 4.66. The molecule has 1 unspecified atom stereocenters. The van der Waals surface area contributed by atoms with Crippen LogP contribution in [0.15, 0.2) is 24.3 Å². The third-order valence-electron chi connectivity index (χ3n) is 4.66. The van der Waals surface area contributed by atoms with E-state index in [1.165, 1.54) is 43.4 Å². The highest BCUT2D eigenvalue weighted by atomic mass is 16.5. The quantitative estimate of drug-likeness (QED) is 0.697. The van der Waals surface area contributed by atoms with Crippen LogP contribution in [0.25, 0.3) is 0 Å². The maximum Gasteiger partial charge on any atom is 0.0751 e. The number of morpholine rings is 1. The van der Waals surface area contributed by atoms with E-state index >= 15 is 0 Å². The van der Waals surface area contributed by atoms with Crippen LogP contribution < -0.4 is 4.90 Å². The number of unbranched alkanes of at least 4 members (excludes halogenated alkanes) is 3. The van der Waals surface area contributed by atoms with Gasteiger partial charge in [0.1, 0.15) is 0 Å². The highest BCUT2D eigenvalue weighted by Gasteiger charge is 2.29. The third kappa shape index (κ3) is 4.47. The minimum Gasteiger partial charge on any atom is -0.372 e. The molecular formula is C19H31NO. The van der Waals surface area contributed by atoms with Gasteiger partial charge in [0.15, 0.2) is 0 Å². The van der Waals surface area contributed by atoms with Gasteiger partial charge >= 0.3 is 0 Å². The van der Waals surface area contributed by atoms with E-state index in [1.807, 2.05) is 0 Å². The molecule has 0 radical (unpaired) electrons. The van der Waals surface area contributed by atoms with E-state index in [0.717, 1.165) is 6.54 Å². The average Bonchev–Trinajstić information content (AvgIpc) is 2.48. The van der Waals surface area contributed by atoms with Gasteiger partial charge < -0.3 is 9.64 Å². The van der Waals surface area contributed by atoms with E-state index < -0.39 is 0 Å². The van der Waals surface area contributed by atoms with Crippen molar-refractivity contribution in [3.63, 3.8) is 0 Å². The summed E-state index contributed by atoms with van der Waals surface area (Å²) >= 11 is 0. The number of rotatable bonds is 6. The molecule has 1 fully saturated rings. The molecule has 0 spiro atoms. The van der Waals surface area contributed by atoms with Crippen LogP contribution >= 0.6 is 0 Å². The minimum absolute atomic E-state index is 0.294. The maximum absolute atomic E-state index is 5.91. The van der Waals surface area contributed by atoms with Crippen LogP contribution in [0.3, 0.4) is 0 Å². The number of nitrogens with zero attached hydrogens (tertiary/aromatic N) is 1. The number of anilines is 1. The molecule has 0 aliphatic carbocycles. The van der Waals surface area contributed by atoms with Crippen molar-refractivity contribution in [3.8, 4) is 0 Å². The van der Waals surface area contributed by atoms with Gasteiger partial charge in [-0.25, -0.2) is 0 Å². The van der Waals surface area contributed by atoms with Crippen LogP contribution in [0, 0.1) is 0 Å². The molecule has 1 aromatic carbocycles. The molecular weight excluding hydrogens is 258 g/mol. The Morgan fingerprint density at radius 2 is 1.76 bits per heavy atom. The predicted molar refractivity (Wildman–Crippen MR) is 91.1 cm³/mol. The van der Waals surface area contributed by atoms with Crippen molar-refractivity contribution in [1.82, 2.24) is 0 Å². The molecule has 0 bridgehead atoms. The molecule has 21 heavy (non-hydrogen) atoms. The number of hydrogen-bond donors (Lipinski definition) is 0. The summed E-state index contributed by atoms with van der Waals surface area (Å²) in [5.74, 6) is 0. The molecule has 0 N–H and O–H groups in total. The lowest BCUT2D eigenvalue weighted by molar-refractivity contribution is -0.0257. The van der Waals surface area contributed by atoms with Gasteiger partial charge in [0.05, 0.1) is 18.2 Å². The summed E-state index contributed by atoms with van der Waals surface area (Å²) in [5.41, 5.74) is 2.80. The maximum atomic E-state index is 5.91. The normalized spacial score (nSPS) is 26.1. The summed E-state index contributed by atoms with van der Waals surface area (Å²) in [6.45, 7) is 9.85. The number of aryl methyl sites for hydroxylation is 1. The first-order valence-electron chi connectivity index (χ1n) is 8.63. The van der Waals surface area contributed by atoms with Gasteiger partial charge in [-0.15, -0.1) is 0 Å². The van der Waals surface area contributed by atoms with Crippen LogP contribution in [-0.2, 0) is 11.2 Å². The molecule has 3 atom stereocenters. The second-order valence-electron chi connectivity index (χ2n) is 6.52. The number of benzene rings is 1. The van der Waals surface area contributed by atoms with Crippen LogP contribution in [-0.4, -0.2) is 24.8 Å². The fourth-order valence-electron chi connectivity index (χ4n) is 3.17. The Morgan fingerprint density at radius 3 is 2.43 bits per heavy atom. The average molecular weight is 289 g/mol. The first-order chi connectivity index (χ1) is 10.1. The summed E-state index contributed by atoms with van der Waals surface area (Å²) < 4.78 is 5.91. The Balaban J connectivity index is 1.94. The molecule has 2 rings (SSSR count). The summed E-state index contributed by atoms with van der Waals surface area (Å²) in [7, 11) is 0. The zero-order valence-electron chi connectivity index (χ0n) is 14.1. The fraction of sp³-hybridized carbons (Fsp3) is 0.684. The summed E-state index contributed by atoms with van der Waals surface area (Å²) in [5, 5.41) is 0. The van der Waals surface area contributed by atoms with Crippen molar-refractivity contribution in [1.29, 1.82) is 0 Å². The van der Waals surface area contributed by atoms with Crippen molar-refractivity contribution in [2.75, 3.05) is 11.4 Å². The van der Waals surface area contributed by atoms with E-state index in [2.05, 4.69) is 56.9 Å². The van der Waals surface area contributed by atoms with Crippen LogP contribution in [0.2, 0.25) is 0 Å². The van der Waals surface area contributed by atoms with Crippen LogP contribution in [0.1, 0.15) is 58.9 Å². The Morgan fingerprint density at radius 1 is 1.05 bits per heavy atom. The molecule has 2 nitrogen and oxygen atoms in total. The molecule has 118 valence electrons. The molecule has 0 aromatic heterocycles. The van der Waals surface area contributed by atoms with Crippen LogP contribution in [0.5, 0.6) is 0 Å². The van der Waals surface area contributed by atoms with Crippen molar-refractivity contribution >= 4 is 5.69 Å². The smallest absolute Gasteiger partial charge is 0.0751 e. The molecule has 1 heterocycles. The van der Waals surface area contributed by atoms with E-state index in [4.69, 9.17) is 4.74 Å². The van der Waals surface area contributed by atoms with Gasteiger partial charge in [-0.3, -0.25) is 0 Å². The van der Waals surface area contributed by atoms with Gasteiger partial charge in [0.25, 0.3) is 0 Å². The van der Waals surface area contributed by atoms with Gasteiger partial charge in [-0.2, -0.15) is 0 Å². The van der Waals surface area contributed by atoms with Crippen molar-refractivity contribution < 1.29 is 4.74 Å². The molecule has 1 aliphatic rings. The second kappa shape index (κ2) is 7.84. The molecule has 0 amide bonds. The van der Waals surface area contributed by atoms with Gasteiger partial charge in [0.2, 0.25) is 0 Å². The zero-order chi connectivity index (χ0) is 15.2. The number of ether oxygens (including phenoxy) is 1. The molecule has 1 saturated heterocycles. The first-order valence-corrected chi connectivity index (χ1v) is 8.63. The lowest BCUT2D eigenvalue weighted by Crippen LogP contribution is -2.52. The molecule has 1 aliphatic heterocycles. The molecule has 2 heteroatoms. The van der Waals surface area contributed by atoms with Crippen molar-refractivity contribution in [2.24, 2.45) is 0 Å². The van der Waals surface area contributed by atoms with E-state index in [9.17, 15) is 0 Å². The lowest BCUT2D eigenvalue weighted by Gasteiger charge is -2.42. The lowest BCUT2D eigenvalue weighted by atomic mass is 10.0. The van der Waals surface area contributed by atoms with E-state index in [1.54, 1.807) is 0 Å². The minimum atomic E-state index is 0.294.